The second-order valence-electron chi connectivity index (χ2n) is 4.41. The molecule has 0 bridgehead atoms. The molecule has 0 aromatic heterocycles. The number of nitrogens with one attached hydrogen (secondary N) is 1. The normalized spacial score (nSPS) is 17.9. The van der Waals surface area contributed by atoms with Crippen LogP contribution in [-0.4, -0.2) is 38.0 Å². The molecule has 1 fully saturated rings. The highest BCUT2D eigenvalue weighted by atomic mass is 16.1. The number of carbonyl (C=O) groups excluding carboxylic acids is 1. The van der Waals surface area contributed by atoms with Crippen LogP contribution in [0.4, 0.5) is 0 Å². The molecule has 1 aliphatic heterocycles. The highest BCUT2D eigenvalue weighted by Crippen LogP contribution is 2.13. The summed E-state index contributed by atoms with van der Waals surface area (Å²) in [6, 6.07) is 0. The van der Waals surface area contributed by atoms with Crippen molar-refractivity contribution >= 4 is 5.91 Å². The Morgan fingerprint density at radius 1 is 1.40 bits per heavy atom. The van der Waals surface area contributed by atoms with Gasteiger partial charge >= 0.3 is 0 Å². The van der Waals surface area contributed by atoms with E-state index in [9.17, 15) is 4.79 Å². The number of hydrogen-bond donors (Lipinski definition) is 1. The van der Waals surface area contributed by atoms with Crippen molar-refractivity contribution < 1.29 is 4.79 Å². The largest absolute Gasteiger partial charge is 0.359 e. The molecular weight excluding hydrogens is 188 g/mol. The van der Waals surface area contributed by atoms with Crippen LogP contribution in [0.1, 0.15) is 39.5 Å². The van der Waals surface area contributed by atoms with Gasteiger partial charge in [0.15, 0.2) is 0 Å². The minimum absolute atomic E-state index is 0.127. The van der Waals surface area contributed by atoms with Crippen LogP contribution in [0.25, 0.3) is 0 Å². The predicted molar refractivity (Wildman–Crippen MR) is 64.9 cm³/mol. The molecule has 0 aromatic carbocycles. The van der Waals surface area contributed by atoms with Crippen LogP contribution in [0.3, 0.4) is 0 Å². The van der Waals surface area contributed by atoms with E-state index < -0.39 is 0 Å². The van der Waals surface area contributed by atoms with E-state index in [1.54, 1.807) is 7.05 Å². The van der Waals surface area contributed by atoms with E-state index in [1.807, 2.05) is 6.92 Å². The molecule has 1 rings (SSSR count). The third-order valence-electron chi connectivity index (χ3n) is 2.76. The predicted octanol–water partition coefficient (Wildman–Crippen LogP) is 1.88. The molecule has 3 nitrogen and oxygen atoms in total. The van der Waals surface area contributed by atoms with Crippen LogP contribution in [0.5, 0.6) is 0 Å². The maximum Gasteiger partial charge on any atom is 0.219 e. The zero-order valence-electron chi connectivity index (χ0n) is 10.7. The lowest BCUT2D eigenvalue weighted by atomic mass is 10.00. The molecule has 3 heteroatoms. The zero-order valence-corrected chi connectivity index (χ0v) is 10.7. The monoisotopic (exact) mass is 214 g/mol. The number of likely N-dealkylation sites (tertiary alicyclic amines) is 1. The van der Waals surface area contributed by atoms with Gasteiger partial charge in [-0.05, 0) is 45.3 Å². The van der Waals surface area contributed by atoms with Gasteiger partial charge in [0.2, 0.25) is 5.91 Å². The van der Waals surface area contributed by atoms with Gasteiger partial charge in [-0.25, -0.2) is 0 Å². The molecule has 1 amide bonds. The second-order valence-corrected chi connectivity index (χ2v) is 4.41. The SMILES string of the molecule is CC1CCN(C)CC1.CCCC(=O)NC. The molecule has 0 spiro atoms. The quantitative estimate of drug-likeness (QED) is 0.761. The molecule has 1 N–H and O–H groups in total. The van der Waals surface area contributed by atoms with Gasteiger partial charge in [0.1, 0.15) is 0 Å². The van der Waals surface area contributed by atoms with E-state index in [0.717, 1.165) is 12.3 Å². The first-order valence-electron chi connectivity index (χ1n) is 5.99. The first-order chi connectivity index (χ1) is 7.10. The highest BCUT2D eigenvalue weighted by molar-refractivity contribution is 5.75. The number of nitrogens with zero attached hydrogens (tertiary/aromatic N) is 1. The van der Waals surface area contributed by atoms with Crippen molar-refractivity contribution in [1.82, 2.24) is 10.2 Å². The van der Waals surface area contributed by atoms with Crippen LogP contribution in [0, 0.1) is 5.92 Å². The number of rotatable bonds is 2. The zero-order chi connectivity index (χ0) is 11.7. The smallest absolute Gasteiger partial charge is 0.219 e. The number of carbonyl (C=O) groups is 1. The molecule has 15 heavy (non-hydrogen) atoms. The molecule has 0 aromatic rings. The van der Waals surface area contributed by atoms with Crippen molar-refractivity contribution in [1.29, 1.82) is 0 Å². The minimum atomic E-state index is 0.127. The van der Waals surface area contributed by atoms with E-state index >= 15 is 0 Å². The fourth-order valence-corrected chi connectivity index (χ4v) is 1.49. The molecule has 1 aliphatic rings. The summed E-state index contributed by atoms with van der Waals surface area (Å²) < 4.78 is 0. The van der Waals surface area contributed by atoms with E-state index in [2.05, 4.69) is 24.2 Å². The van der Waals surface area contributed by atoms with Crippen molar-refractivity contribution in [3.05, 3.63) is 0 Å². The molecule has 1 heterocycles. The second kappa shape index (κ2) is 8.72. The maximum atomic E-state index is 10.3. The topological polar surface area (TPSA) is 32.3 Å². The number of hydrogen-bond acceptors (Lipinski definition) is 2. The van der Waals surface area contributed by atoms with Crippen LogP contribution in [0.2, 0.25) is 0 Å². The third kappa shape index (κ3) is 8.43. The van der Waals surface area contributed by atoms with Crippen molar-refractivity contribution in [3.8, 4) is 0 Å². The molecule has 0 atom stereocenters. The highest BCUT2D eigenvalue weighted by Gasteiger charge is 2.10. The fourth-order valence-electron chi connectivity index (χ4n) is 1.49. The summed E-state index contributed by atoms with van der Waals surface area (Å²) in [5, 5.41) is 2.53. The van der Waals surface area contributed by atoms with E-state index in [-0.39, 0.29) is 5.91 Å². The lowest BCUT2D eigenvalue weighted by Crippen LogP contribution is -2.28. The Kier molecular flexibility index (Phi) is 8.38. The van der Waals surface area contributed by atoms with Crippen molar-refractivity contribution in [3.63, 3.8) is 0 Å². The summed E-state index contributed by atoms with van der Waals surface area (Å²) in [7, 11) is 3.85. The first kappa shape index (κ1) is 14.4. The van der Waals surface area contributed by atoms with Gasteiger partial charge in [-0.1, -0.05) is 13.8 Å². The van der Waals surface area contributed by atoms with Crippen molar-refractivity contribution in [2.75, 3.05) is 27.2 Å². The van der Waals surface area contributed by atoms with Gasteiger partial charge in [0.25, 0.3) is 0 Å². The summed E-state index contributed by atoms with van der Waals surface area (Å²) in [4.78, 5) is 12.7. The molecule has 1 saturated heterocycles. The summed E-state index contributed by atoms with van der Waals surface area (Å²) >= 11 is 0. The molecule has 0 radical (unpaired) electrons. The minimum Gasteiger partial charge on any atom is -0.359 e. The Bertz CT molecular complexity index is 153. The summed E-state index contributed by atoms with van der Waals surface area (Å²) in [6.45, 7) is 6.94. The average molecular weight is 214 g/mol. The number of amides is 1. The van der Waals surface area contributed by atoms with Crippen molar-refractivity contribution in [2.24, 2.45) is 5.92 Å². The van der Waals surface area contributed by atoms with Crippen LogP contribution in [-0.2, 0) is 4.79 Å². The molecule has 0 saturated carbocycles. The maximum absolute atomic E-state index is 10.3. The summed E-state index contributed by atoms with van der Waals surface area (Å²) in [6.07, 6.45) is 4.38. The molecule has 90 valence electrons. The van der Waals surface area contributed by atoms with E-state index in [1.165, 1.54) is 25.9 Å². The first-order valence-corrected chi connectivity index (χ1v) is 5.99. The molecule has 0 aliphatic carbocycles. The third-order valence-corrected chi connectivity index (χ3v) is 2.76. The Balaban J connectivity index is 0.000000265. The van der Waals surface area contributed by atoms with Gasteiger partial charge in [-0.3, -0.25) is 4.79 Å². The van der Waals surface area contributed by atoms with Crippen molar-refractivity contribution in [2.45, 2.75) is 39.5 Å². The van der Waals surface area contributed by atoms with Gasteiger partial charge < -0.3 is 10.2 Å². The van der Waals surface area contributed by atoms with E-state index in [0.29, 0.717) is 6.42 Å². The summed E-state index contributed by atoms with van der Waals surface area (Å²) in [5.41, 5.74) is 0. The van der Waals surface area contributed by atoms with Crippen LogP contribution in [0.15, 0.2) is 0 Å². The van der Waals surface area contributed by atoms with E-state index in [4.69, 9.17) is 0 Å². The van der Waals surface area contributed by atoms with Crippen LogP contribution >= 0.6 is 0 Å². The summed E-state index contributed by atoms with van der Waals surface area (Å²) in [5.74, 6) is 1.11. The van der Waals surface area contributed by atoms with Gasteiger partial charge in [0, 0.05) is 13.5 Å². The van der Waals surface area contributed by atoms with Gasteiger partial charge in [-0.15, -0.1) is 0 Å². The molecule has 0 unspecified atom stereocenters. The lowest BCUT2D eigenvalue weighted by molar-refractivity contribution is -0.120. The fraction of sp³-hybridized carbons (Fsp3) is 0.917. The average Bonchev–Trinajstić information content (AvgIpc) is 2.24. The van der Waals surface area contributed by atoms with Crippen LogP contribution < -0.4 is 5.32 Å². The Labute approximate surface area is 94.2 Å². The lowest BCUT2D eigenvalue weighted by Gasteiger charge is -2.26. The number of piperidine rings is 1. The van der Waals surface area contributed by atoms with Gasteiger partial charge in [-0.2, -0.15) is 0 Å². The van der Waals surface area contributed by atoms with Gasteiger partial charge in [0.05, 0.1) is 0 Å². The Morgan fingerprint density at radius 3 is 2.20 bits per heavy atom. The molecular formula is C12H26N2O. The Hall–Kier alpha value is -0.570. The Morgan fingerprint density at radius 2 is 1.93 bits per heavy atom. The standard InChI is InChI=1S/C7H15N.C5H11NO/c1-7-3-5-8(2)6-4-7;1-3-4-5(7)6-2/h7H,3-6H2,1-2H3;3-4H2,1-2H3,(H,6,7).